The van der Waals surface area contributed by atoms with Crippen molar-refractivity contribution in [3.05, 3.63) is 22.2 Å². The van der Waals surface area contributed by atoms with Crippen molar-refractivity contribution in [1.29, 1.82) is 0 Å². The Bertz CT molecular complexity index is 414. The summed E-state index contributed by atoms with van der Waals surface area (Å²) in [6.45, 7) is 2.03. The predicted molar refractivity (Wildman–Crippen MR) is 66.9 cm³/mol. The van der Waals surface area contributed by atoms with Gasteiger partial charge in [-0.3, -0.25) is 0 Å². The van der Waals surface area contributed by atoms with E-state index in [9.17, 15) is 5.11 Å². The van der Waals surface area contributed by atoms with Crippen LogP contribution < -0.4 is 10.5 Å². The van der Waals surface area contributed by atoms with E-state index in [-0.39, 0.29) is 17.2 Å². The molecule has 0 aromatic heterocycles. The normalized spacial score (nSPS) is 19.2. The Morgan fingerprint density at radius 3 is 2.56 bits per heavy atom. The SMILES string of the molecule is COc1cc(C2(C(C)N)CC2)c(Br)cc1O. The van der Waals surface area contributed by atoms with Crippen LogP contribution >= 0.6 is 15.9 Å². The largest absolute Gasteiger partial charge is 0.504 e. The Balaban J connectivity index is 2.49. The molecule has 1 saturated carbocycles. The highest BCUT2D eigenvalue weighted by Gasteiger charge is 2.48. The fourth-order valence-electron chi connectivity index (χ4n) is 2.19. The third-order valence-electron chi connectivity index (χ3n) is 3.47. The molecule has 1 fully saturated rings. The molecule has 3 N–H and O–H groups in total. The van der Waals surface area contributed by atoms with Gasteiger partial charge in [0.15, 0.2) is 11.5 Å². The number of benzene rings is 1. The number of rotatable bonds is 3. The second-order valence-electron chi connectivity index (χ2n) is 4.45. The molecule has 0 aliphatic heterocycles. The summed E-state index contributed by atoms with van der Waals surface area (Å²) < 4.78 is 6.03. The van der Waals surface area contributed by atoms with Crippen LogP contribution in [0.15, 0.2) is 16.6 Å². The zero-order valence-electron chi connectivity index (χ0n) is 9.46. The molecule has 4 heteroatoms. The molecule has 0 spiro atoms. The molecule has 1 aliphatic carbocycles. The molecule has 0 bridgehead atoms. The van der Waals surface area contributed by atoms with Gasteiger partial charge in [0, 0.05) is 15.9 Å². The van der Waals surface area contributed by atoms with Crippen molar-refractivity contribution in [3.8, 4) is 11.5 Å². The number of phenols is 1. The maximum Gasteiger partial charge on any atom is 0.160 e. The van der Waals surface area contributed by atoms with Crippen LogP contribution in [0.4, 0.5) is 0 Å². The highest BCUT2D eigenvalue weighted by atomic mass is 79.9. The Hall–Kier alpha value is -0.740. The number of phenolic OH excluding ortho intramolecular Hbond substituents is 1. The van der Waals surface area contributed by atoms with E-state index in [1.54, 1.807) is 13.2 Å². The molecular weight excluding hydrogens is 270 g/mol. The van der Waals surface area contributed by atoms with E-state index in [1.807, 2.05) is 13.0 Å². The van der Waals surface area contributed by atoms with Gasteiger partial charge in [0.25, 0.3) is 0 Å². The maximum absolute atomic E-state index is 9.65. The van der Waals surface area contributed by atoms with Crippen molar-refractivity contribution in [2.24, 2.45) is 5.73 Å². The zero-order chi connectivity index (χ0) is 11.9. The number of halogens is 1. The van der Waals surface area contributed by atoms with E-state index in [0.717, 1.165) is 22.9 Å². The molecule has 0 heterocycles. The van der Waals surface area contributed by atoms with E-state index in [1.165, 1.54) is 0 Å². The number of methoxy groups -OCH3 is 1. The smallest absolute Gasteiger partial charge is 0.160 e. The average Bonchev–Trinajstić information content (AvgIpc) is 2.99. The summed E-state index contributed by atoms with van der Waals surface area (Å²) in [5.41, 5.74) is 7.23. The van der Waals surface area contributed by atoms with Gasteiger partial charge in [-0.2, -0.15) is 0 Å². The lowest BCUT2D eigenvalue weighted by atomic mass is 9.89. The summed E-state index contributed by atoms with van der Waals surface area (Å²) in [5.74, 6) is 0.656. The highest BCUT2D eigenvalue weighted by molar-refractivity contribution is 9.10. The first-order chi connectivity index (χ1) is 7.51. The second-order valence-corrected chi connectivity index (χ2v) is 5.30. The van der Waals surface area contributed by atoms with E-state index in [4.69, 9.17) is 10.5 Å². The van der Waals surface area contributed by atoms with Crippen molar-refractivity contribution in [2.75, 3.05) is 7.11 Å². The number of aromatic hydroxyl groups is 1. The molecule has 0 saturated heterocycles. The average molecular weight is 286 g/mol. The van der Waals surface area contributed by atoms with Crippen LogP contribution in [-0.2, 0) is 5.41 Å². The summed E-state index contributed by atoms with van der Waals surface area (Å²) in [7, 11) is 1.55. The summed E-state index contributed by atoms with van der Waals surface area (Å²) in [6.07, 6.45) is 2.19. The molecule has 1 unspecified atom stereocenters. The standard InChI is InChI=1S/C12H16BrNO2/c1-7(14)12(3-4-12)8-5-11(16-2)10(15)6-9(8)13/h5-7,15H,3-4,14H2,1-2H3. The monoisotopic (exact) mass is 285 g/mol. The van der Waals surface area contributed by atoms with Crippen molar-refractivity contribution in [3.63, 3.8) is 0 Å². The van der Waals surface area contributed by atoms with E-state index in [2.05, 4.69) is 15.9 Å². The number of ether oxygens (including phenoxy) is 1. The Kier molecular flexibility index (Phi) is 2.88. The van der Waals surface area contributed by atoms with Crippen LogP contribution in [0.25, 0.3) is 0 Å². The third kappa shape index (κ3) is 1.70. The van der Waals surface area contributed by atoms with Crippen molar-refractivity contribution >= 4 is 15.9 Å². The summed E-state index contributed by atoms with van der Waals surface area (Å²) in [5, 5.41) is 9.65. The molecule has 88 valence electrons. The summed E-state index contributed by atoms with van der Waals surface area (Å²) >= 11 is 3.48. The third-order valence-corrected chi connectivity index (χ3v) is 4.12. The van der Waals surface area contributed by atoms with Crippen LogP contribution in [0.1, 0.15) is 25.3 Å². The first-order valence-corrected chi connectivity index (χ1v) is 6.13. The predicted octanol–water partition coefficient (Wildman–Crippen LogP) is 2.54. The highest BCUT2D eigenvalue weighted by Crippen LogP contribution is 2.54. The Morgan fingerprint density at radius 1 is 1.50 bits per heavy atom. The lowest BCUT2D eigenvalue weighted by molar-refractivity contribution is 0.371. The van der Waals surface area contributed by atoms with Crippen molar-refractivity contribution in [2.45, 2.75) is 31.2 Å². The van der Waals surface area contributed by atoms with Gasteiger partial charge in [0.05, 0.1) is 7.11 Å². The fraction of sp³-hybridized carbons (Fsp3) is 0.500. The minimum absolute atomic E-state index is 0.0554. The quantitative estimate of drug-likeness (QED) is 0.897. The molecule has 0 amide bonds. The summed E-state index contributed by atoms with van der Waals surface area (Å²) in [4.78, 5) is 0. The molecular formula is C12H16BrNO2. The van der Waals surface area contributed by atoms with Crippen molar-refractivity contribution < 1.29 is 9.84 Å². The molecule has 0 radical (unpaired) electrons. The van der Waals surface area contributed by atoms with E-state index >= 15 is 0 Å². The minimum atomic E-state index is 0.0554. The first kappa shape index (κ1) is 11.7. The molecule has 1 aromatic carbocycles. The van der Waals surface area contributed by atoms with Gasteiger partial charge < -0.3 is 15.6 Å². The first-order valence-electron chi connectivity index (χ1n) is 5.34. The van der Waals surface area contributed by atoms with Gasteiger partial charge in [-0.25, -0.2) is 0 Å². The molecule has 1 aliphatic rings. The van der Waals surface area contributed by atoms with Crippen LogP contribution in [0.2, 0.25) is 0 Å². The topological polar surface area (TPSA) is 55.5 Å². The van der Waals surface area contributed by atoms with Crippen LogP contribution in [0, 0.1) is 0 Å². The number of hydrogen-bond acceptors (Lipinski definition) is 3. The fourth-order valence-corrected chi connectivity index (χ4v) is 2.92. The second kappa shape index (κ2) is 3.93. The number of nitrogens with two attached hydrogens (primary N) is 1. The van der Waals surface area contributed by atoms with Crippen LogP contribution in [-0.4, -0.2) is 18.3 Å². The molecule has 2 rings (SSSR count). The van der Waals surface area contributed by atoms with Gasteiger partial charge >= 0.3 is 0 Å². The Morgan fingerprint density at radius 2 is 2.12 bits per heavy atom. The minimum Gasteiger partial charge on any atom is -0.504 e. The lowest BCUT2D eigenvalue weighted by Gasteiger charge is -2.22. The molecule has 3 nitrogen and oxygen atoms in total. The van der Waals surface area contributed by atoms with Crippen molar-refractivity contribution in [1.82, 2.24) is 0 Å². The van der Waals surface area contributed by atoms with Gasteiger partial charge in [-0.15, -0.1) is 0 Å². The molecule has 16 heavy (non-hydrogen) atoms. The number of hydrogen-bond donors (Lipinski definition) is 2. The van der Waals surface area contributed by atoms with Crippen LogP contribution in [0.5, 0.6) is 11.5 Å². The van der Waals surface area contributed by atoms with E-state index < -0.39 is 0 Å². The van der Waals surface area contributed by atoms with Gasteiger partial charge in [0.2, 0.25) is 0 Å². The lowest BCUT2D eigenvalue weighted by Crippen LogP contribution is -2.31. The van der Waals surface area contributed by atoms with Gasteiger partial charge in [-0.05, 0) is 37.5 Å². The van der Waals surface area contributed by atoms with Gasteiger partial charge in [0.1, 0.15) is 0 Å². The summed E-state index contributed by atoms with van der Waals surface area (Å²) in [6, 6.07) is 3.67. The Labute approximate surface area is 104 Å². The molecule has 1 aromatic rings. The van der Waals surface area contributed by atoms with E-state index in [0.29, 0.717) is 5.75 Å². The maximum atomic E-state index is 9.65. The van der Waals surface area contributed by atoms with Gasteiger partial charge in [-0.1, -0.05) is 15.9 Å². The molecule has 1 atom stereocenters. The van der Waals surface area contributed by atoms with Crippen LogP contribution in [0.3, 0.4) is 0 Å². The zero-order valence-corrected chi connectivity index (χ0v) is 11.0.